The van der Waals surface area contributed by atoms with Crippen molar-refractivity contribution in [2.24, 2.45) is 0 Å². The molecule has 0 spiro atoms. The fourth-order valence-electron chi connectivity index (χ4n) is 1.85. The van der Waals surface area contributed by atoms with E-state index in [0.29, 0.717) is 5.69 Å². The van der Waals surface area contributed by atoms with E-state index in [1.165, 1.54) is 36.4 Å². The standard InChI is InChI=1S/C14H12ClF3N2O2S/c15-13-6-3-11(7-9(13)8-14(16,17)18)20-23(21,22)12-4-1-10(19)2-5-12/h1-7,20H,8,19H2. The average Bonchev–Trinajstić information content (AvgIpc) is 2.41. The Kier molecular flexibility index (Phi) is 4.76. The molecule has 0 fully saturated rings. The van der Waals surface area contributed by atoms with Gasteiger partial charge in [-0.05, 0) is 48.0 Å². The van der Waals surface area contributed by atoms with Crippen LogP contribution in [0.2, 0.25) is 5.02 Å². The molecule has 2 aromatic carbocycles. The molecular weight excluding hydrogens is 353 g/mol. The van der Waals surface area contributed by atoms with Crippen molar-refractivity contribution in [2.75, 3.05) is 10.5 Å². The lowest BCUT2D eigenvalue weighted by molar-refractivity contribution is -0.127. The van der Waals surface area contributed by atoms with Crippen LogP contribution < -0.4 is 10.5 Å². The van der Waals surface area contributed by atoms with Gasteiger partial charge in [0.05, 0.1) is 11.3 Å². The van der Waals surface area contributed by atoms with Gasteiger partial charge in [-0.3, -0.25) is 4.72 Å². The van der Waals surface area contributed by atoms with Gasteiger partial charge in [0.2, 0.25) is 0 Å². The number of nitrogens with one attached hydrogen (secondary N) is 1. The van der Waals surface area contributed by atoms with Crippen molar-refractivity contribution in [3.63, 3.8) is 0 Å². The van der Waals surface area contributed by atoms with Crippen LogP contribution in [0.5, 0.6) is 0 Å². The van der Waals surface area contributed by atoms with Crippen LogP contribution in [0.1, 0.15) is 5.56 Å². The fraction of sp³-hybridized carbons (Fsp3) is 0.143. The first kappa shape index (κ1) is 17.4. The van der Waals surface area contributed by atoms with Gasteiger partial charge in [-0.2, -0.15) is 13.2 Å². The van der Waals surface area contributed by atoms with Crippen molar-refractivity contribution >= 4 is 33.0 Å². The zero-order valence-electron chi connectivity index (χ0n) is 11.6. The SMILES string of the molecule is Nc1ccc(S(=O)(=O)Nc2ccc(Cl)c(CC(F)(F)F)c2)cc1. The van der Waals surface area contributed by atoms with Gasteiger partial charge in [-0.1, -0.05) is 11.6 Å². The molecule has 0 aliphatic rings. The molecule has 0 radical (unpaired) electrons. The number of benzene rings is 2. The lowest BCUT2D eigenvalue weighted by atomic mass is 10.1. The Morgan fingerprint density at radius 1 is 1.09 bits per heavy atom. The molecule has 0 aromatic heterocycles. The van der Waals surface area contributed by atoms with E-state index >= 15 is 0 Å². The second kappa shape index (κ2) is 6.29. The Labute approximate surface area is 136 Å². The summed E-state index contributed by atoms with van der Waals surface area (Å²) in [6.45, 7) is 0. The number of alkyl halides is 3. The molecule has 0 aliphatic heterocycles. The highest BCUT2D eigenvalue weighted by atomic mass is 35.5. The van der Waals surface area contributed by atoms with Gasteiger partial charge >= 0.3 is 6.18 Å². The normalized spacial score (nSPS) is 12.2. The van der Waals surface area contributed by atoms with Crippen molar-refractivity contribution < 1.29 is 21.6 Å². The number of nitrogens with two attached hydrogens (primary N) is 1. The van der Waals surface area contributed by atoms with Crippen LogP contribution in [0.3, 0.4) is 0 Å². The maximum atomic E-state index is 12.5. The topological polar surface area (TPSA) is 72.2 Å². The van der Waals surface area contributed by atoms with Gasteiger partial charge in [0.1, 0.15) is 0 Å². The zero-order valence-corrected chi connectivity index (χ0v) is 13.1. The Balaban J connectivity index is 2.29. The molecular formula is C14H12ClF3N2O2S. The number of anilines is 2. The summed E-state index contributed by atoms with van der Waals surface area (Å²) in [5.74, 6) is 0. The minimum absolute atomic E-state index is 0.00882. The number of hydrogen-bond donors (Lipinski definition) is 2. The third-order valence-electron chi connectivity index (χ3n) is 2.88. The van der Waals surface area contributed by atoms with Crippen LogP contribution in [0, 0.1) is 0 Å². The summed E-state index contributed by atoms with van der Waals surface area (Å²) < 4.78 is 64.0. The van der Waals surface area contributed by atoms with Gasteiger partial charge in [-0.25, -0.2) is 8.42 Å². The fourth-order valence-corrected chi connectivity index (χ4v) is 3.08. The van der Waals surface area contributed by atoms with Crippen LogP contribution in [-0.4, -0.2) is 14.6 Å². The summed E-state index contributed by atoms with van der Waals surface area (Å²) in [6.07, 6.45) is -5.69. The molecule has 0 amide bonds. The Morgan fingerprint density at radius 2 is 1.70 bits per heavy atom. The van der Waals surface area contributed by atoms with Crippen molar-refractivity contribution in [1.82, 2.24) is 0 Å². The monoisotopic (exact) mass is 364 g/mol. The highest BCUT2D eigenvalue weighted by Crippen LogP contribution is 2.29. The van der Waals surface area contributed by atoms with Gasteiger partial charge in [0, 0.05) is 16.4 Å². The van der Waals surface area contributed by atoms with E-state index in [2.05, 4.69) is 4.72 Å². The summed E-state index contributed by atoms with van der Waals surface area (Å²) >= 11 is 5.72. The predicted molar refractivity (Wildman–Crippen MR) is 82.9 cm³/mol. The average molecular weight is 365 g/mol. The Hall–Kier alpha value is -1.93. The molecule has 0 bridgehead atoms. The maximum absolute atomic E-state index is 12.5. The van der Waals surface area contributed by atoms with E-state index in [0.717, 1.165) is 6.07 Å². The number of hydrogen-bond acceptors (Lipinski definition) is 3. The first-order valence-electron chi connectivity index (χ1n) is 6.30. The summed E-state index contributed by atoms with van der Waals surface area (Å²) in [7, 11) is -3.93. The van der Waals surface area contributed by atoms with E-state index in [-0.39, 0.29) is 21.2 Å². The molecule has 2 aromatic rings. The largest absolute Gasteiger partial charge is 0.399 e. The van der Waals surface area contributed by atoms with Gasteiger partial charge < -0.3 is 5.73 Å². The van der Waals surface area contributed by atoms with Crippen molar-refractivity contribution in [3.05, 3.63) is 53.1 Å². The second-order valence-electron chi connectivity index (χ2n) is 4.77. The summed E-state index contributed by atoms with van der Waals surface area (Å²) in [6, 6.07) is 8.97. The second-order valence-corrected chi connectivity index (χ2v) is 6.86. The van der Waals surface area contributed by atoms with E-state index in [1.54, 1.807) is 0 Å². The Morgan fingerprint density at radius 3 is 2.26 bits per heavy atom. The van der Waals surface area contributed by atoms with Crippen LogP contribution in [0.4, 0.5) is 24.5 Å². The summed E-state index contributed by atoms with van der Waals surface area (Å²) in [5, 5.41) is -0.0854. The maximum Gasteiger partial charge on any atom is 0.393 e. The predicted octanol–water partition coefficient (Wildman–Crippen LogP) is 3.83. The van der Waals surface area contributed by atoms with Gasteiger partial charge in [-0.15, -0.1) is 0 Å². The quantitative estimate of drug-likeness (QED) is 0.810. The number of nitrogen functional groups attached to an aromatic ring is 1. The lowest BCUT2D eigenvalue weighted by Gasteiger charge is -2.12. The molecule has 9 heteroatoms. The molecule has 0 saturated carbocycles. The minimum atomic E-state index is -4.45. The number of rotatable bonds is 4. The summed E-state index contributed by atoms with van der Waals surface area (Å²) in [4.78, 5) is -0.0565. The van der Waals surface area contributed by atoms with Crippen molar-refractivity contribution in [1.29, 1.82) is 0 Å². The molecule has 124 valence electrons. The van der Waals surface area contributed by atoms with Crippen LogP contribution in [0.15, 0.2) is 47.4 Å². The molecule has 2 rings (SSSR count). The smallest absolute Gasteiger partial charge is 0.393 e. The molecule has 3 N–H and O–H groups in total. The summed E-state index contributed by atoms with van der Waals surface area (Å²) in [5.41, 5.74) is 5.65. The molecule has 4 nitrogen and oxygen atoms in total. The van der Waals surface area contributed by atoms with E-state index < -0.39 is 22.6 Å². The van der Waals surface area contributed by atoms with Crippen molar-refractivity contribution in [3.8, 4) is 0 Å². The molecule has 0 saturated heterocycles. The first-order chi connectivity index (χ1) is 10.6. The third kappa shape index (κ3) is 4.77. The van der Waals surface area contributed by atoms with Gasteiger partial charge in [0.25, 0.3) is 10.0 Å². The third-order valence-corrected chi connectivity index (χ3v) is 4.65. The van der Waals surface area contributed by atoms with E-state index in [1.807, 2.05) is 0 Å². The van der Waals surface area contributed by atoms with Crippen LogP contribution in [-0.2, 0) is 16.4 Å². The number of halogens is 4. The highest BCUT2D eigenvalue weighted by molar-refractivity contribution is 7.92. The molecule has 0 unspecified atom stereocenters. The highest BCUT2D eigenvalue weighted by Gasteiger charge is 2.29. The lowest BCUT2D eigenvalue weighted by Crippen LogP contribution is -2.15. The van der Waals surface area contributed by atoms with Gasteiger partial charge in [0.15, 0.2) is 0 Å². The van der Waals surface area contributed by atoms with Crippen molar-refractivity contribution in [2.45, 2.75) is 17.5 Å². The minimum Gasteiger partial charge on any atom is -0.399 e. The zero-order chi connectivity index (χ0) is 17.3. The van der Waals surface area contributed by atoms with E-state index in [4.69, 9.17) is 17.3 Å². The molecule has 0 heterocycles. The number of sulfonamides is 1. The van der Waals surface area contributed by atoms with Crippen LogP contribution >= 0.6 is 11.6 Å². The van der Waals surface area contributed by atoms with E-state index in [9.17, 15) is 21.6 Å². The molecule has 0 atom stereocenters. The molecule has 0 aliphatic carbocycles. The Bertz CT molecular complexity index is 806. The molecule has 23 heavy (non-hydrogen) atoms. The van der Waals surface area contributed by atoms with Crippen LogP contribution in [0.25, 0.3) is 0 Å². The first-order valence-corrected chi connectivity index (χ1v) is 8.16.